The van der Waals surface area contributed by atoms with E-state index in [0.29, 0.717) is 43.6 Å². The van der Waals surface area contributed by atoms with Gasteiger partial charge in [-0.05, 0) is 42.7 Å². The molecule has 1 saturated heterocycles. The second-order valence-electron chi connectivity index (χ2n) is 8.34. The molecule has 4 rings (SSSR count). The van der Waals surface area contributed by atoms with Gasteiger partial charge in [0, 0.05) is 50.2 Å². The van der Waals surface area contributed by atoms with Crippen LogP contribution in [0.4, 0.5) is 13.2 Å². The molecule has 1 aromatic heterocycles. The van der Waals surface area contributed by atoms with Crippen molar-refractivity contribution in [1.82, 2.24) is 14.2 Å². The van der Waals surface area contributed by atoms with Crippen LogP contribution in [0.3, 0.4) is 0 Å². The summed E-state index contributed by atoms with van der Waals surface area (Å²) in [4.78, 5) is 5.79. The van der Waals surface area contributed by atoms with Crippen LogP contribution in [-0.2, 0) is 23.1 Å². The van der Waals surface area contributed by atoms with Gasteiger partial charge in [-0.15, -0.1) is 0 Å². The van der Waals surface area contributed by atoms with Gasteiger partial charge in [-0.2, -0.15) is 13.1 Å². The number of alkyl halides is 2. The van der Waals surface area contributed by atoms with Crippen LogP contribution in [0, 0.1) is 5.82 Å². The van der Waals surface area contributed by atoms with Gasteiger partial charge in [0.15, 0.2) is 0 Å². The van der Waals surface area contributed by atoms with Gasteiger partial charge in [-0.25, -0.2) is 12.8 Å². The van der Waals surface area contributed by atoms with Gasteiger partial charge in [-0.3, -0.25) is 9.88 Å². The summed E-state index contributed by atoms with van der Waals surface area (Å²) in [6, 6.07) is 15.2. The second-order valence-corrected chi connectivity index (χ2v) is 10.2. The molecule has 2 aromatic carbocycles. The van der Waals surface area contributed by atoms with Gasteiger partial charge in [0.05, 0.1) is 0 Å². The van der Waals surface area contributed by atoms with Crippen LogP contribution in [0.1, 0.15) is 24.0 Å². The van der Waals surface area contributed by atoms with E-state index in [0.717, 1.165) is 6.07 Å². The van der Waals surface area contributed by atoms with Crippen LogP contribution in [0.25, 0.3) is 0 Å². The van der Waals surface area contributed by atoms with Crippen LogP contribution in [0.2, 0.25) is 0 Å². The smallest absolute Gasteiger partial charge is 0.387 e. The Morgan fingerprint density at radius 1 is 1.03 bits per heavy atom. The lowest BCUT2D eigenvalue weighted by atomic mass is 10.0. The van der Waals surface area contributed by atoms with E-state index in [1.807, 2.05) is 0 Å². The minimum atomic E-state index is -4.12. The highest BCUT2D eigenvalue weighted by atomic mass is 32.2. The Bertz CT molecular complexity index is 1220. The third kappa shape index (κ3) is 6.19. The topological polar surface area (TPSA) is 62.7 Å². The van der Waals surface area contributed by atoms with Gasteiger partial charge in [0.25, 0.3) is 0 Å². The number of piperidine rings is 1. The quantitative estimate of drug-likeness (QED) is 0.423. The normalized spacial score (nSPS) is 15.6. The summed E-state index contributed by atoms with van der Waals surface area (Å²) in [6.45, 7) is -1.35. The Labute approximate surface area is 203 Å². The molecule has 0 radical (unpaired) electrons. The maximum atomic E-state index is 14.5. The monoisotopic (exact) mass is 505 g/mol. The number of ether oxygens (including phenoxy) is 1. The van der Waals surface area contributed by atoms with Crippen molar-refractivity contribution in [2.75, 3.05) is 13.1 Å². The zero-order chi connectivity index (χ0) is 24.8. The molecular formula is C25H26F3N3O3S. The number of halogens is 3. The zero-order valence-electron chi connectivity index (χ0n) is 18.9. The molecule has 1 fully saturated rings. The highest BCUT2D eigenvalue weighted by Crippen LogP contribution is 2.29. The lowest BCUT2D eigenvalue weighted by molar-refractivity contribution is -0.0508. The average Bonchev–Trinajstić information content (AvgIpc) is 2.85. The lowest BCUT2D eigenvalue weighted by Gasteiger charge is -2.38. The number of likely N-dealkylation sites (tertiary alicyclic amines) is 1. The summed E-state index contributed by atoms with van der Waals surface area (Å²) < 4.78 is 73.1. The molecule has 0 N–H and O–H groups in total. The van der Waals surface area contributed by atoms with E-state index in [1.54, 1.807) is 42.7 Å². The molecule has 186 valence electrons. The molecule has 1 aliphatic rings. The van der Waals surface area contributed by atoms with E-state index >= 15 is 0 Å². The maximum Gasteiger partial charge on any atom is 0.387 e. The summed E-state index contributed by atoms with van der Waals surface area (Å²) in [5.41, 5.74) is 1.34. The van der Waals surface area contributed by atoms with Crippen LogP contribution >= 0.6 is 0 Å². The average molecular weight is 506 g/mol. The molecule has 6 nitrogen and oxygen atoms in total. The van der Waals surface area contributed by atoms with Crippen molar-refractivity contribution in [2.24, 2.45) is 0 Å². The third-order valence-electron chi connectivity index (χ3n) is 6.03. The van der Waals surface area contributed by atoms with Crippen molar-refractivity contribution >= 4 is 10.0 Å². The summed E-state index contributed by atoms with van der Waals surface area (Å²) in [5, 5.41) is 0. The predicted octanol–water partition coefficient (Wildman–Crippen LogP) is 4.68. The molecule has 35 heavy (non-hydrogen) atoms. The van der Waals surface area contributed by atoms with E-state index in [1.165, 1.54) is 28.6 Å². The molecule has 0 aliphatic carbocycles. The molecule has 0 saturated carbocycles. The molecule has 10 heteroatoms. The van der Waals surface area contributed by atoms with E-state index in [-0.39, 0.29) is 23.2 Å². The Morgan fingerprint density at radius 3 is 2.43 bits per heavy atom. The van der Waals surface area contributed by atoms with Gasteiger partial charge >= 0.3 is 6.61 Å². The number of pyridine rings is 1. The molecule has 0 bridgehead atoms. The molecule has 0 spiro atoms. The number of aromatic nitrogens is 1. The number of hydrogen-bond acceptors (Lipinski definition) is 5. The Hall–Kier alpha value is -2.95. The Morgan fingerprint density at radius 2 is 1.74 bits per heavy atom. The van der Waals surface area contributed by atoms with Crippen LogP contribution < -0.4 is 4.74 Å². The van der Waals surface area contributed by atoms with Gasteiger partial charge in [0.2, 0.25) is 10.0 Å². The fraction of sp³-hybridized carbons (Fsp3) is 0.320. The standard InChI is InChI=1S/C25H26F3N3O3S/c26-22-8-2-4-10-24(22)35(32,33)31(17-19-6-5-13-29-16-19)21-11-14-30(15-12-21)18-20-7-1-3-9-23(20)34-25(27)28/h1-10,13,16,21,25H,11-12,14-15,17-18H2. The number of nitrogens with zero attached hydrogens (tertiary/aromatic N) is 3. The number of hydrogen-bond donors (Lipinski definition) is 0. The van der Waals surface area contributed by atoms with Crippen LogP contribution in [0.15, 0.2) is 78.0 Å². The molecule has 0 unspecified atom stereocenters. The number of para-hydroxylation sites is 1. The highest BCUT2D eigenvalue weighted by Gasteiger charge is 2.35. The van der Waals surface area contributed by atoms with Gasteiger partial charge in [0.1, 0.15) is 16.5 Å². The van der Waals surface area contributed by atoms with Gasteiger partial charge < -0.3 is 4.74 Å². The first kappa shape index (κ1) is 25.2. The first-order chi connectivity index (χ1) is 16.8. The minimum Gasteiger partial charge on any atom is -0.434 e. The predicted molar refractivity (Wildman–Crippen MR) is 125 cm³/mol. The molecule has 3 aromatic rings. The van der Waals surface area contributed by atoms with E-state index in [2.05, 4.69) is 14.6 Å². The van der Waals surface area contributed by atoms with Crippen molar-refractivity contribution in [3.63, 3.8) is 0 Å². The minimum absolute atomic E-state index is 0.0697. The third-order valence-corrected chi connectivity index (χ3v) is 7.96. The van der Waals surface area contributed by atoms with Crippen molar-refractivity contribution < 1.29 is 26.3 Å². The number of benzene rings is 2. The second kappa shape index (κ2) is 11.2. The zero-order valence-corrected chi connectivity index (χ0v) is 19.8. The number of sulfonamides is 1. The lowest BCUT2D eigenvalue weighted by Crippen LogP contribution is -2.47. The van der Waals surface area contributed by atoms with E-state index in [4.69, 9.17) is 0 Å². The molecular weight excluding hydrogens is 479 g/mol. The van der Waals surface area contributed by atoms with Crippen LogP contribution in [-0.4, -0.2) is 48.3 Å². The molecule has 0 atom stereocenters. The van der Waals surface area contributed by atoms with Crippen LogP contribution in [0.5, 0.6) is 5.75 Å². The largest absolute Gasteiger partial charge is 0.434 e. The van der Waals surface area contributed by atoms with Crippen molar-refractivity contribution in [3.05, 3.63) is 90.0 Å². The van der Waals surface area contributed by atoms with E-state index in [9.17, 15) is 21.6 Å². The summed E-state index contributed by atoms with van der Waals surface area (Å²) in [6.07, 6.45) is 4.21. The highest BCUT2D eigenvalue weighted by molar-refractivity contribution is 7.89. The van der Waals surface area contributed by atoms with Crippen molar-refractivity contribution in [3.8, 4) is 5.75 Å². The molecule has 0 amide bonds. The summed E-state index contributed by atoms with van der Waals surface area (Å²) in [7, 11) is -4.12. The Kier molecular flexibility index (Phi) is 8.04. The summed E-state index contributed by atoms with van der Waals surface area (Å²) in [5.74, 6) is -0.665. The molecule has 1 aliphatic heterocycles. The summed E-state index contributed by atoms with van der Waals surface area (Å²) >= 11 is 0. The fourth-order valence-corrected chi connectivity index (χ4v) is 6.05. The van der Waals surface area contributed by atoms with Gasteiger partial charge in [-0.1, -0.05) is 36.4 Å². The SMILES string of the molecule is O=S(=O)(c1ccccc1F)N(Cc1cccnc1)C1CCN(Cc2ccccc2OC(F)F)CC1. The maximum absolute atomic E-state index is 14.5. The fourth-order valence-electron chi connectivity index (χ4n) is 4.31. The first-order valence-corrected chi connectivity index (χ1v) is 12.7. The van der Waals surface area contributed by atoms with Crippen molar-refractivity contribution in [1.29, 1.82) is 0 Å². The first-order valence-electron chi connectivity index (χ1n) is 11.2. The molecule has 2 heterocycles. The number of rotatable bonds is 9. The van der Waals surface area contributed by atoms with Crippen molar-refractivity contribution in [2.45, 2.75) is 43.5 Å². The van der Waals surface area contributed by atoms with E-state index < -0.39 is 22.5 Å². The Balaban J connectivity index is 1.52.